The lowest BCUT2D eigenvalue weighted by molar-refractivity contribution is -0.181. The SMILES string of the molecule is COC(=O)c1cccc(C2CC3CCC(C2)N3C(=O)C23CC(C2)C3)c1F. The van der Waals surface area contributed by atoms with E-state index < -0.39 is 11.8 Å². The Kier molecular flexibility index (Phi) is 3.47. The highest BCUT2D eigenvalue weighted by Gasteiger charge is 2.64. The van der Waals surface area contributed by atoms with Gasteiger partial charge in [0.2, 0.25) is 5.91 Å². The first-order chi connectivity index (χ1) is 12.5. The normalized spacial score (nSPS) is 36.9. The van der Waals surface area contributed by atoms with Crippen LogP contribution < -0.4 is 0 Å². The van der Waals surface area contributed by atoms with Gasteiger partial charge in [-0.3, -0.25) is 4.79 Å². The zero-order chi connectivity index (χ0) is 18.1. The molecular weight excluding hydrogens is 333 g/mol. The van der Waals surface area contributed by atoms with Crippen LogP contribution in [0.2, 0.25) is 0 Å². The van der Waals surface area contributed by atoms with Gasteiger partial charge in [-0.1, -0.05) is 12.1 Å². The van der Waals surface area contributed by atoms with E-state index in [4.69, 9.17) is 4.74 Å². The molecule has 1 aromatic carbocycles. The molecule has 1 aromatic rings. The van der Waals surface area contributed by atoms with Crippen LogP contribution in [0.15, 0.2) is 18.2 Å². The van der Waals surface area contributed by atoms with Gasteiger partial charge < -0.3 is 9.64 Å². The summed E-state index contributed by atoms with van der Waals surface area (Å²) in [6.07, 6.45) is 6.88. The molecule has 2 saturated heterocycles. The first kappa shape index (κ1) is 16.3. The molecule has 1 amide bonds. The van der Waals surface area contributed by atoms with Crippen molar-refractivity contribution in [2.75, 3.05) is 7.11 Å². The number of piperidine rings is 1. The van der Waals surface area contributed by atoms with E-state index in [9.17, 15) is 14.0 Å². The van der Waals surface area contributed by atoms with Crippen molar-refractivity contribution < 1.29 is 18.7 Å². The maximum atomic E-state index is 14.9. The number of benzene rings is 1. The molecule has 5 fully saturated rings. The number of carbonyl (C=O) groups excluding carboxylic acids is 2. The van der Waals surface area contributed by atoms with Gasteiger partial charge in [-0.2, -0.15) is 0 Å². The molecule has 5 heteroatoms. The Balaban J connectivity index is 1.38. The summed E-state index contributed by atoms with van der Waals surface area (Å²) in [6.45, 7) is 0. The van der Waals surface area contributed by atoms with Crippen molar-refractivity contribution in [3.05, 3.63) is 35.1 Å². The van der Waals surface area contributed by atoms with Crippen molar-refractivity contribution in [3.8, 4) is 0 Å². The first-order valence-electron chi connectivity index (χ1n) is 9.72. The highest BCUT2D eigenvalue weighted by molar-refractivity contribution is 5.90. The molecule has 26 heavy (non-hydrogen) atoms. The van der Waals surface area contributed by atoms with Crippen molar-refractivity contribution in [3.63, 3.8) is 0 Å². The molecule has 0 radical (unpaired) electrons. The number of nitrogens with zero attached hydrogens (tertiary/aromatic N) is 1. The molecule has 0 aromatic heterocycles. The summed E-state index contributed by atoms with van der Waals surface area (Å²) >= 11 is 0. The third-order valence-corrected chi connectivity index (χ3v) is 7.33. The predicted octanol–water partition coefficient (Wildman–Crippen LogP) is 3.65. The Morgan fingerprint density at radius 2 is 1.81 bits per heavy atom. The maximum absolute atomic E-state index is 14.9. The van der Waals surface area contributed by atoms with Gasteiger partial charge in [0, 0.05) is 12.1 Å². The molecule has 0 N–H and O–H groups in total. The summed E-state index contributed by atoms with van der Waals surface area (Å²) in [5, 5.41) is 0. The lowest BCUT2D eigenvalue weighted by Gasteiger charge is -2.62. The highest BCUT2D eigenvalue weighted by atomic mass is 19.1. The standard InChI is InChI=1S/C21H24FNO3/c1-26-19(24)17-4-2-3-16(18(17)22)13-7-14-5-6-15(8-13)23(14)20(25)21-9-12(10-21)11-21/h2-4,12-15H,5-11H2,1H3. The average Bonchev–Trinajstić information content (AvgIpc) is 2.81. The van der Waals surface area contributed by atoms with Gasteiger partial charge in [-0.05, 0) is 68.4 Å². The van der Waals surface area contributed by atoms with Gasteiger partial charge in [-0.15, -0.1) is 0 Å². The van der Waals surface area contributed by atoms with Crippen LogP contribution >= 0.6 is 0 Å². The van der Waals surface area contributed by atoms with Crippen molar-refractivity contribution in [2.45, 2.75) is 62.9 Å². The van der Waals surface area contributed by atoms with E-state index in [0.29, 0.717) is 11.5 Å². The molecule has 2 unspecified atom stereocenters. The fourth-order valence-corrected chi connectivity index (χ4v) is 5.91. The third-order valence-electron chi connectivity index (χ3n) is 7.33. The number of ether oxygens (including phenoxy) is 1. The number of carbonyl (C=O) groups is 2. The Morgan fingerprint density at radius 3 is 2.35 bits per heavy atom. The Bertz CT molecular complexity index is 760. The maximum Gasteiger partial charge on any atom is 0.340 e. The van der Waals surface area contributed by atoms with Gasteiger partial charge >= 0.3 is 5.97 Å². The lowest BCUT2D eigenvalue weighted by atomic mass is 9.44. The fraction of sp³-hybridized carbons (Fsp3) is 0.619. The van der Waals surface area contributed by atoms with Gasteiger partial charge in [0.15, 0.2) is 0 Å². The van der Waals surface area contributed by atoms with E-state index in [1.807, 2.05) is 0 Å². The molecule has 4 bridgehead atoms. The minimum absolute atomic E-state index is 0.00437. The van der Waals surface area contributed by atoms with Crippen molar-refractivity contribution in [1.82, 2.24) is 4.90 Å². The minimum Gasteiger partial charge on any atom is -0.465 e. The molecule has 3 aliphatic carbocycles. The monoisotopic (exact) mass is 357 g/mol. The molecule has 3 saturated carbocycles. The Labute approximate surface area is 152 Å². The van der Waals surface area contributed by atoms with Crippen molar-refractivity contribution >= 4 is 11.9 Å². The number of halogens is 1. The zero-order valence-corrected chi connectivity index (χ0v) is 15.0. The van der Waals surface area contributed by atoms with Crippen LogP contribution in [0, 0.1) is 17.2 Å². The van der Waals surface area contributed by atoms with E-state index in [1.54, 1.807) is 12.1 Å². The largest absolute Gasteiger partial charge is 0.465 e. The van der Waals surface area contributed by atoms with E-state index in [0.717, 1.165) is 50.9 Å². The molecular formula is C21H24FNO3. The van der Waals surface area contributed by atoms with Crippen LogP contribution in [0.5, 0.6) is 0 Å². The van der Waals surface area contributed by atoms with Crippen LogP contribution in [0.25, 0.3) is 0 Å². The zero-order valence-electron chi connectivity index (χ0n) is 15.0. The van der Waals surface area contributed by atoms with Crippen LogP contribution in [0.4, 0.5) is 4.39 Å². The van der Waals surface area contributed by atoms with Gasteiger partial charge in [0.1, 0.15) is 5.82 Å². The van der Waals surface area contributed by atoms with Crippen LogP contribution in [-0.4, -0.2) is 36.0 Å². The number of fused-ring (bicyclic) bond motifs is 2. The fourth-order valence-electron chi connectivity index (χ4n) is 5.91. The topological polar surface area (TPSA) is 46.6 Å². The summed E-state index contributed by atoms with van der Waals surface area (Å²) in [4.78, 5) is 27.0. The number of hydrogen-bond donors (Lipinski definition) is 0. The lowest BCUT2D eigenvalue weighted by Crippen LogP contribution is -2.63. The van der Waals surface area contributed by atoms with E-state index in [1.165, 1.54) is 13.2 Å². The van der Waals surface area contributed by atoms with Gasteiger partial charge in [-0.25, -0.2) is 9.18 Å². The van der Waals surface area contributed by atoms with Crippen molar-refractivity contribution in [2.24, 2.45) is 11.3 Å². The number of amides is 1. The number of hydrogen-bond acceptors (Lipinski definition) is 3. The number of rotatable bonds is 3. The number of methoxy groups -OCH3 is 1. The van der Waals surface area contributed by atoms with E-state index >= 15 is 0 Å². The third kappa shape index (κ3) is 2.12. The summed E-state index contributed by atoms with van der Waals surface area (Å²) in [5.41, 5.74) is 0.570. The molecule has 6 rings (SSSR count). The molecule has 2 atom stereocenters. The quantitative estimate of drug-likeness (QED) is 0.776. The molecule has 4 nitrogen and oxygen atoms in total. The smallest absolute Gasteiger partial charge is 0.340 e. The summed E-state index contributed by atoms with van der Waals surface area (Å²) in [6, 6.07) is 5.43. The van der Waals surface area contributed by atoms with Crippen LogP contribution in [0.1, 0.15) is 66.8 Å². The second-order valence-corrected chi connectivity index (χ2v) is 8.72. The Morgan fingerprint density at radius 1 is 1.15 bits per heavy atom. The highest BCUT2D eigenvalue weighted by Crippen LogP contribution is 2.66. The molecule has 138 valence electrons. The first-order valence-corrected chi connectivity index (χ1v) is 9.72. The van der Waals surface area contributed by atoms with Crippen LogP contribution in [-0.2, 0) is 9.53 Å². The second kappa shape index (κ2) is 5.54. The van der Waals surface area contributed by atoms with Gasteiger partial charge in [0.05, 0.1) is 18.1 Å². The van der Waals surface area contributed by atoms with Gasteiger partial charge in [0.25, 0.3) is 0 Å². The molecule has 2 heterocycles. The van der Waals surface area contributed by atoms with E-state index in [-0.39, 0.29) is 29.0 Å². The summed E-state index contributed by atoms with van der Waals surface area (Å²) in [7, 11) is 1.27. The van der Waals surface area contributed by atoms with Crippen molar-refractivity contribution in [1.29, 1.82) is 0 Å². The minimum atomic E-state index is -0.636. The summed E-state index contributed by atoms with van der Waals surface area (Å²) < 4.78 is 19.6. The average molecular weight is 357 g/mol. The predicted molar refractivity (Wildman–Crippen MR) is 93.1 cm³/mol. The number of esters is 1. The molecule has 5 aliphatic rings. The Hall–Kier alpha value is -1.91. The van der Waals surface area contributed by atoms with Crippen LogP contribution in [0.3, 0.4) is 0 Å². The molecule has 2 aliphatic heterocycles. The summed E-state index contributed by atoms with van der Waals surface area (Å²) in [5.74, 6) is 0.139. The van der Waals surface area contributed by atoms with E-state index in [2.05, 4.69) is 4.90 Å². The second-order valence-electron chi connectivity index (χ2n) is 8.72. The molecule has 0 spiro atoms.